The SMILES string of the molecule is O=C(C=Cc1ccc(O)c(O)c1)O[C@H]1[C@H](O[C@H]2[C@H](Oc3cc4c(=O)cc(O[C@@H]5O[C@H](COC(=[OH+])C=Cc6ccc(O)c(O)c6)[C@@H](O)[C@H](O)[C@H]5O)cc-4oc3-c3ccc(O)c(O[C@@H]4O[C@H](C(=O)O)[C@@H](O)[C@H](O)[C@H]4O)c3)O[C@H](COC(=O)CC(=O)OC(C(=O)O)C(O)C(=O)O)[C@H](O)[C@@H]2O)O[C@H](CO)[C@@H](O)[C@@H]1O. The summed E-state index contributed by atoms with van der Waals surface area (Å²) in [5, 5.41) is 210. The smallest absolute Gasteiger partial charge is 0.504 e. The molecule has 0 bridgehead atoms. The maximum atomic E-state index is 14.4. The molecule has 0 aromatic heterocycles. The first-order valence-corrected chi connectivity index (χ1v) is 30.8. The monoisotopic (exact) mass is 1490 g/mol. The summed E-state index contributed by atoms with van der Waals surface area (Å²) in [6.07, 6.45) is -46.9. The molecule has 21 N–H and O–H groups in total. The molecule has 0 amide bonds. The van der Waals surface area contributed by atoms with Crippen molar-refractivity contribution in [3.8, 4) is 68.6 Å². The number of aliphatic hydroxyl groups excluding tert-OH is 12. The summed E-state index contributed by atoms with van der Waals surface area (Å²) in [7, 11) is 0. The molecule has 6 aliphatic rings. The fraction of sp³-hybridized carbons (Fsp3) is 0.406. The van der Waals surface area contributed by atoms with Crippen LogP contribution in [0.3, 0.4) is 0 Å². The summed E-state index contributed by atoms with van der Waals surface area (Å²) >= 11 is 0. The van der Waals surface area contributed by atoms with Crippen LogP contribution in [0, 0.1) is 0 Å². The van der Waals surface area contributed by atoms with Gasteiger partial charge >= 0.3 is 41.8 Å². The summed E-state index contributed by atoms with van der Waals surface area (Å²) in [6, 6.07) is 12.3. The molecule has 1 aliphatic carbocycles. The van der Waals surface area contributed by atoms with Crippen molar-refractivity contribution < 1.29 is 197 Å². The van der Waals surface area contributed by atoms with E-state index in [2.05, 4.69) is 4.74 Å². The van der Waals surface area contributed by atoms with Gasteiger partial charge < -0.3 is 168 Å². The van der Waals surface area contributed by atoms with E-state index in [1.165, 1.54) is 18.2 Å². The van der Waals surface area contributed by atoms with Gasteiger partial charge in [-0.15, -0.1) is 0 Å². The number of carboxylic acids is 3. The van der Waals surface area contributed by atoms with Crippen LogP contribution in [0.4, 0.5) is 0 Å². The van der Waals surface area contributed by atoms with E-state index >= 15 is 0 Å². The molecular weight excluding hydrogens is 1420 g/mol. The average molecular weight is 1490 g/mol. The zero-order valence-corrected chi connectivity index (χ0v) is 53.3. The van der Waals surface area contributed by atoms with Crippen LogP contribution in [-0.4, -0.2) is 304 Å². The van der Waals surface area contributed by atoms with Gasteiger partial charge in [0.25, 0.3) is 0 Å². The molecule has 0 radical (unpaired) electrons. The van der Waals surface area contributed by atoms with E-state index in [1.807, 2.05) is 0 Å². The third-order valence-electron chi connectivity index (χ3n) is 16.2. The quantitative estimate of drug-likeness (QED) is 0.00613. The van der Waals surface area contributed by atoms with Gasteiger partial charge in [0.05, 0.1) is 18.2 Å². The molecule has 0 saturated carbocycles. The number of aromatic hydroxyl groups is 5. The third-order valence-corrected chi connectivity index (χ3v) is 16.2. The van der Waals surface area contributed by atoms with Crippen LogP contribution in [-0.2, 0) is 71.4 Å². The van der Waals surface area contributed by atoms with Gasteiger partial charge in [-0.1, -0.05) is 12.1 Å². The first-order chi connectivity index (χ1) is 49.6. The van der Waals surface area contributed by atoms with Crippen molar-refractivity contribution in [2.75, 3.05) is 19.8 Å². The Bertz CT molecular complexity index is 4080. The van der Waals surface area contributed by atoms with Crippen molar-refractivity contribution in [2.45, 2.75) is 141 Å². The van der Waals surface area contributed by atoms with Crippen LogP contribution in [0.5, 0.6) is 46.0 Å². The molecule has 568 valence electrons. The number of phenols is 5. The number of aliphatic hydroxyl groups is 12. The second kappa shape index (κ2) is 33.6. The standard InChI is InChI=1S/C64H66O41/c65-18-35-42(76)47(81)56(102-39(73)10-4-22-2-7-27(67)31(71)12-22)64(99-35)105-57-48(82)44(78)37(20-94-40(74)17-41(75)103-55(60(91)92)52(86)58(87)88)101-63(57)98-34-16-25-29(69)14-24(95-61-50(84)45(79)43(77)36(100-61)19-93-38(72)9-3-21-1-6-26(66)30(70)11-21)15-32(25)96-53(34)23-5-8-28(68)33(13-23)97-62-51(85)46(80)49(83)54(104-62)59(89)90/h1-16,35-37,42-52,54-57,61-68,70-71,76-86H,17-20H2,(H,87,88)(H,89,90)(H,91,92)/p+1/t35-,36-,37-,42-,43-,44+,45+,46+,47+,48+,49+,50-,51-,52?,54+,55?,56-,57-,61-,62-,63-,64+/m1/s1. The summed E-state index contributed by atoms with van der Waals surface area (Å²) in [5.74, 6) is -18.1. The Morgan fingerprint density at radius 2 is 1.08 bits per heavy atom. The van der Waals surface area contributed by atoms with Gasteiger partial charge in [0, 0.05) is 23.8 Å². The Morgan fingerprint density at radius 1 is 0.524 bits per heavy atom. The Labute approximate surface area is 585 Å². The highest BCUT2D eigenvalue weighted by molar-refractivity contribution is 5.93. The van der Waals surface area contributed by atoms with Crippen molar-refractivity contribution in [2.24, 2.45) is 0 Å². The van der Waals surface area contributed by atoms with Gasteiger partial charge in [-0.2, -0.15) is 0 Å². The van der Waals surface area contributed by atoms with Gasteiger partial charge in [0.2, 0.25) is 31.6 Å². The van der Waals surface area contributed by atoms with E-state index < -0.39 is 277 Å². The Hall–Kier alpha value is -10.4. The lowest BCUT2D eigenvalue weighted by Crippen LogP contribution is -2.65. The summed E-state index contributed by atoms with van der Waals surface area (Å²) in [6.45, 7) is -3.15. The van der Waals surface area contributed by atoms with Crippen molar-refractivity contribution in [3.05, 3.63) is 106 Å². The van der Waals surface area contributed by atoms with Gasteiger partial charge in [-0.25, -0.2) is 19.2 Å². The fourth-order valence-electron chi connectivity index (χ4n) is 10.6. The molecule has 5 heterocycles. The minimum Gasteiger partial charge on any atom is -0.504 e. The number of ether oxygens (including phenoxy) is 12. The number of phenolic OH excluding ortho intramolecular Hbond substituents is 5. The van der Waals surface area contributed by atoms with Gasteiger partial charge in [0.1, 0.15) is 97.8 Å². The largest absolute Gasteiger partial charge is 0.510 e. The number of carboxylic acid groups (broad SMARTS) is 3. The minimum atomic E-state index is -2.84. The number of esters is 4. The summed E-state index contributed by atoms with van der Waals surface area (Å²) in [4.78, 5) is 99.1. The van der Waals surface area contributed by atoms with Crippen LogP contribution < -0.4 is 19.6 Å². The van der Waals surface area contributed by atoms with Crippen LogP contribution in [0.1, 0.15) is 17.5 Å². The van der Waals surface area contributed by atoms with Gasteiger partial charge in [-0.3, -0.25) is 14.4 Å². The van der Waals surface area contributed by atoms with E-state index in [4.69, 9.17) is 61.6 Å². The lowest BCUT2D eigenvalue weighted by molar-refractivity contribution is -0.358. The van der Waals surface area contributed by atoms with E-state index in [0.717, 1.165) is 78.9 Å². The molecule has 41 nitrogen and oxygen atoms in total. The Balaban J connectivity index is 1.10. The number of benzene rings is 4. The van der Waals surface area contributed by atoms with Crippen molar-refractivity contribution in [1.29, 1.82) is 0 Å². The molecule has 3 aromatic carbocycles. The highest BCUT2D eigenvalue weighted by atomic mass is 16.8. The molecule has 41 heteroatoms. The van der Waals surface area contributed by atoms with Crippen molar-refractivity contribution >= 4 is 53.9 Å². The number of carbonyl (C=O) groups excluding carboxylic acids is 4. The number of hydrogen-bond acceptors (Lipinski definition) is 37. The highest BCUT2D eigenvalue weighted by Crippen LogP contribution is 2.44. The second-order valence-corrected chi connectivity index (χ2v) is 23.5. The molecule has 0 spiro atoms. The zero-order valence-electron chi connectivity index (χ0n) is 53.3. The summed E-state index contributed by atoms with van der Waals surface area (Å²) < 4.78 is 73.2. The predicted octanol–water partition coefficient (Wildman–Crippen LogP) is -5.72. The lowest BCUT2D eigenvalue weighted by atomic mass is 9.97. The number of carbonyl (C=O) groups is 6. The molecule has 5 aliphatic heterocycles. The Morgan fingerprint density at radius 3 is 1.69 bits per heavy atom. The average Bonchev–Trinajstić information content (AvgIpc) is 0.764. The minimum absolute atomic E-state index is 0.0864. The fourth-order valence-corrected chi connectivity index (χ4v) is 10.6. The summed E-state index contributed by atoms with van der Waals surface area (Å²) in [5.41, 5.74) is -1.68. The maximum Gasteiger partial charge on any atom is 0.510 e. The van der Waals surface area contributed by atoms with Crippen LogP contribution >= 0.6 is 0 Å². The predicted molar refractivity (Wildman–Crippen MR) is 332 cm³/mol. The molecule has 4 saturated heterocycles. The number of fused-ring (bicyclic) bond motifs is 1. The molecule has 9 rings (SSSR count). The van der Waals surface area contributed by atoms with Crippen LogP contribution in [0.2, 0.25) is 0 Å². The lowest BCUT2D eigenvalue weighted by Gasteiger charge is -2.46. The highest BCUT2D eigenvalue weighted by Gasteiger charge is 2.55. The van der Waals surface area contributed by atoms with Gasteiger partial charge in [0.15, 0.2) is 88.2 Å². The molecule has 3 aromatic rings. The number of hydrogen-bond donors (Lipinski definition) is 20. The van der Waals surface area contributed by atoms with E-state index in [-0.39, 0.29) is 11.1 Å². The molecule has 4 fully saturated rings. The van der Waals surface area contributed by atoms with E-state index in [0.29, 0.717) is 0 Å². The van der Waals surface area contributed by atoms with E-state index in [1.54, 1.807) is 0 Å². The van der Waals surface area contributed by atoms with Crippen LogP contribution in [0.15, 0.2) is 94.2 Å². The third kappa shape index (κ3) is 18.4. The first-order valence-electron chi connectivity index (χ1n) is 30.8. The van der Waals surface area contributed by atoms with Crippen LogP contribution in [0.25, 0.3) is 34.8 Å². The number of aliphatic carboxylic acids is 3. The van der Waals surface area contributed by atoms with Gasteiger partial charge in [-0.05, 0) is 71.8 Å². The van der Waals surface area contributed by atoms with E-state index in [9.17, 15) is 135 Å². The molecule has 22 atom stereocenters. The maximum absolute atomic E-state index is 14.4. The normalized spacial score (nSPS) is 29.6. The number of rotatable bonds is 26. The van der Waals surface area contributed by atoms with Crippen molar-refractivity contribution in [1.82, 2.24) is 0 Å². The second-order valence-electron chi connectivity index (χ2n) is 23.5. The van der Waals surface area contributed by atoms with Crippen molar-refractivity contribution in [3.63, 3.8) is 0 Å². The Kier molecular flexibility index (Phi) is 25.2. The molecule has 105 heavy (non-hydrogen) atoms. The first kappa shape index (κ1) is 78.7. The zero-order chi connectivity index (χ0) is 76.7. The molecule has 2 unspecified atom stereocenters. The topological polar surface area (TPSA) is 669 Å². The molecular formula is C64H67O41+.